The molecule has 0 amide bonds. The maximum Gasteiger partial charge on any atom is 0.363 e. The van der Waals surface area contributed by atoms with Crippen molar-refractivity contribution >= 4 is 5.82 Å². The molecule has 7 heteroatoms. The lowest BCUT2D eigenvalue weighted by atomic mass is 10.1. The number of ether oxygens (including phenoxy) is 2. The van der Waals surface area contributed by atoms with Crippen molar-refractivity contribution in [2.75, 3.05) is 25.1 Å². The minimum absolute atomic E-state index is 0.458. The van der Waals surface area contributed by atoms with Gasteiger partial charge >= 0.3 is 5.69 Å². The summed E-state index contributed by atoms with van der Waals surface area (Å²) in [4.78, 5) is 14.8. The van der Waals surface area contributed by atoms with E-state index in [1.54, 1.807) is 0 Å². The smallest absolute Gasteiger partial charge is 0.363 e. The van der Waals surface area contributed by atoms with Gasteiger partial charge in [-0.3, -0.25) is 0 Å². The van der Waals surface area contributed by atoms with Crippen LogP contribution in [0.15, 0.2) is 29.2 Å². The molecule has 0 aliphatic heterocycles. The van der Waals surface area contributed by atoms with Crippen LogP contribution >= 0.6 is 0 Å². The van der Waals surface area contributed by atoms with Gasteiger partial charge in [0.1, 0.15) is 0 Å². The zero-order valence-corrected chi connectivity index (χ0v) is 12.8. The van der Waals surface area contributed by atoms with Gasteiger partial charge in [-0.25, -0.2) is 9.89 Å². The zero-order valence-electron chi connectivity index (χ0n) is 12.8. The number of rotatable bonds is 8. The fourth-order valence-corrected chi connectivity index (χ4v) is 1.98. The van der Waals surface area contributed by atoms with Gasteiger partial charge in [-0.05, 0) is 38.0 Å². The number of benzene rings is 1. The van der Waals surface area contributed by atoms with E-state index in [9.17, 15) is 4.79 Å². The predicted octanol–water partition coefficient (Wildman–Crippen LogP) is 1.62. The van der Waals surface area contributed by atoms with Gasteiger partial charge in [-0.1, -0.05) is 6.07 Å². The molecule has 2 N–H and O–H groups in total. The van der Waals surface area contributed by atoms with E-state index >= 15 is 0 Å². The normalized spacial score (nSPS) is 10.3. The van der Waals surface area contributed by atoms with Crippen LogP contribution in [0.25, 0.3) is 0 Å². The highest BCUT2D eigenvalue weighted by Crippen LogP contribution is 2.28. The van der Waals surface area contributed by atoms with E-state index in [0.717, 1.165) is 23.5 Å². The molecule has 2 rings (SSSR count). The summed E-state index contributed by atoms with van der Waals surface area (Å²) in [5.74, 6) is 1.96. The summed E-state index contributed by atoms with van der Waals surface area (Å²) in [6.45, 7) is 5.70. The Morgan fingerprint density at radius 3 is 2.68 bits per heavy atom. The monoisotopic (exact) mass is 304 g/mol. The molecular weight excluding hydrogens is 284 g/mol. The van der Waals surface area contributed by atoms with Gasteiger partial charge < -0.3 is 14.8 Å². The molecule has 0 bridgehead atoms. The van der Waals surface area contributed by atoms with Crippen LogP contribution in [0.5, 0.6) is 11.5 Å². The summed E-state index contributed by atoms with van der Waals surface area (Å²) in [5.41, 5.74) is 0.641. The minimum atomic E-state index is -0.468. The Hall–Kier alpha value is -2.57. The molecule has 7 nitrogen and oxygen atoms in total. The van der Waals surface area contributed by atoms with E-state index in [1.165, 1.54) is 6.20 Å². The standard InChI is InChI=1S/C15H20N4O3/c1-3-21-12-6-5-11(9-13(12)22-4-2)7-8-16-14-10-17-19-15(20)18-14/h5-6,9-10H,3-4,7-8H2,1-2H3,(H2,16,18,19,20). The van der Waals surface area contributed by atoms with Gasteiger partial charge in [0.2, 0.25) is 0 Å². The minimum Gasteiger partial charge on any atom is -0.490 e. The number of nitrogens with one attached hydrogen (secondary N) is 2. The molecule has 118 valence electrons. The fourth-order valence-electron chi connectivity index (χ4n) is 1.98. The molecule has 0 atom stereocenters. The van der Waals surface area contributed by atoms with Gasteiger partial charge in [0, 0.05) is 6.54 Å². The highest BCUT2D eigenvalue weighted by Gasteiger charge is 2.06. The van der Waals surface area contributed by atoms with Crippen LogP contribution in [0.4, 0.5) is 5.82 Å². The number of aromatic amines is 1. The molecule has 0 saturated heterocycles. The molecule has 1 aromatic carbocycles. The largest absolute Gasteiger partial charge is 0.490 e. The summed E-state index contributed by atoms with van der Waals surface area (Å²) in [7, 11) is 0. The first-order valence-electron chi connectivity index (χ1n) is 7.27. The molecule has 0 aliphatic rings. The lowest BCUT2D eigenvalue weighted by Gasteiger charge is -2.12. The van der Waals surface area contributed by atoms with Crippen molar-refractivity contribution in [1.82, 2.24) is 15.2 Å². The molecule has 1 heterocycles. The fraction of sp³-hybridized carbons (Fsp3) is 0.400. The van der Waals surface area contributed by atoms with Crippen molar-refractivity contribution in [2.45, 2.75) is 20.3 Å². The molecule has 0 radical (unpaired) electrons. The first-order valence-corrected chi connectivity index (χ1v) is 7.27. The Labute approximate surface area is 128 Å². The van der Waals surface area contributed by atoms with Crippen LogP contribution in [0, 0.1) is 0 Å². The summed E-state index contributed by atoms with van der Waals surface area (Å²) < 4.78 is 11.1. The Morgan fingerprint density at radius 1 is 1.18 bits per heavy atom. The average Bonchev–Trinajstić information content (AvgIpc) is 2.50. The molecule has 22 heavy (non-hydrogen) atoms. The van der Waals surface area contributed by atoms with Crippen molar-refractivity contribution < 1.29 is 9.47 Å². The quantitative estimate of drug-likeness (QED) is 0.770. The van der Waals surface area contributed by atoms with Crippen LogP contribution in [-0.2, 0) is 6.42 Å². The van der Waals surface area contributed by atoms with Gasteiger partial charge in [0.25, 0.3) is 0 Å². The van der Waals surface area contributed by atoms with Crippen molar-refractivity contribution in [3.8, 4) is 11.5 Å². The molecule has 1 aromatic heterocycles. The van der Waals surface area contributed by atoms with E-state index in [2.05, 4.69) is 20.5 Å². The maximum atomic E-state index is 11.0. The number of nitrogens with zero attached hydrogens (tertiary/aromatic N) is 2. The lowest BCUT2D eigenvalue weighted by Crippen LogP contribution is -2.16. The zero-order chi connectivity index (χ0) is 15.8. The van der Waals surface area contributed by atoms with Crippen LogP contribution in [0.3, 0.4) is 0 Å². The maximum absolute atomic E-state index is 11.0. The molecular formula is C15H20N4O3. The summed E-state index contributed by atoms with van der Waals surface area (Å²) in [6, 6.07) is 5.88. The molecule has 0 unspecified atom stereocenters. The van der Waals surface area contributed by atoms with Crippen molar-refractivity contribution in [3.05, 3.63) is 40.4 Å². The van der Waals surface area contributed by atoms with Crippen molar-refractivity contribution in [2.24, 2.45) is 0 Å². The number of anilines is 1. The van der Waals surface area contributed by atoms with E-state index in [0.29, 0.717) is 25.6 Å². The Kier molecular flexibility index (Phi) is 5.76. The van der Waals surface area contributed by atoms with Crippen LogP contribution in [0.1, 0.15) is 19.4 Å². The van der Waals surface area contributed by atoms with Crippen molar-refractivity contribution in [1.29, 1.82) is 0 Å². The molecule has 0 aliphatic carbocycles. The number of H-pyrrole nitrogens is 1. The Bertz CT molecular complexity index is 657. The second-order valence-electron chi connectivity index (χ2n) is 4.50. The number of hydrogen-bond acceptors (Lipinski definition) is 6. The average molecular weight is 304 g/mol. The third-order valence-corrected chi connectivity index (χ3v) is 2.90. The van der Waals surface area contributed by atoms with E-state index in [-0.39, 0.29) is 0 Å². The first-order chi connectivity index (χ1) is 10.7. The van der Waals surface area contributed by atoms with Crippen LogP contribution in [-0.4, -0.2) is 34.9 Å². The van der Waals surface area contributed by atoms with Gasteiger partial charge in [0.05, 0.1) is 19.4 Å². The first kappa shape index (κ1) is 15.8. The number of hydrogen-bond donors (Lipinski definition) is 2. The van der Waals surface area contributed by atoms with Crippen LogP contribution in [0.2, 0.25) is 0 Å². The lowest BCUT2D eigenvalue weighted by molar-refractivity contribution is 0.287. The van der Waals surface area contributed by atoms with E-state index in [1.807, 2.05) is 32.0 Å². The molecule has 2 aromatic rings. The summed E-state index contributed by atoms with van der Waals surface area (Å²) in [5, 5.41) is 8.97. The molecule has 0 spiro atoms. The van der Waals surface area contributed by atoms with E-state index < -0.39 is 5.69 Å². The molecule has 0 saturated carbocycles. The van der Waals surface area contributed by atoms with Crippen molar-refractivity contribution in [3.63, 3.8) is 0 Å². The van der Waals surface area contributed by atoms with E-state index in [4.69, 9.17) is 9.47 Å². The van der Waals surface area contributed by atoms with Crippen LogP contribution < -0.4 is 20.5 Å². The predicted molar refractivity (Wildman–Crippen MR) is 83.6 cm³/mol. The Balaban J connectivity index is 1.97. The summed E-state index contributed by atoms with van der Waals surface area (Å²) in [6.07, 6.45) is 2.24. The summed E-state index contributed by atoms with van der Waals surface area (Å²) >= 11 is 0. The second kappa shape index (κ2) is 8.02. The van der Waals surface area contributed by atoms with Gasteiger partial charge in [-0.2, -0.15) is 10.1 Å². The molecule has 0 fully saturated rings. The second-order valence-corrected chi connectivity index (χ2v) is 4.50. The SMILES string of the molecule is CCOc1ccc(CCNc2cn[nH]c(=O)n2)cc1OCC. The third kappa shape index (κ3) is 4.47. The Morgan fingerprint density at radius 2 is 1.95 bits per heavy atom. The van der Waals surface area contributed by atoms with Gasteiger partial charge in [-0.15, -0.1) is 0 Å². The highest BCUT2D eigenvalue weighted by atomic mass is 16.5. The number of aromatic nitrogens is 3. The highest BCUT2D eigenvalue weighted by molar-refractivity contribution is 5.43. The topological polar surface area (TPSA) is 89.1 Å². The van der Waals surface area contributed by atoms with Gasteiger partial charge in [0.15, 0.2) is 17.3 Å². The third-order valence-electron chi connectivity index (χ3n) is 2.90.